The van der Waals surface area contributed by atoms with Crippen LogP contribution in [0.15, 0.2) is 58.5 Å². The van der Waals surface area contributed by atoms with Gasteiger partial charge in [0, 0.05) is 11.4 Å². The molecule has 1 unspecified atom stereocenters. The second kappa shape index (κ2) is 9.01. The molecule has 5 N–H and O–H groups in total. The molecule has 0 radical (unpaired) electrons. The number of rotatable bonds is 5. The van der Waals surface area contributed by atoms with Crippen molar-refractivity contribution in [2.24, 2.45) is 15.7 Å². The Balaban J connectivity index is 1.62. The fourth-order valence-electron chi connectivity index (χ4n) is 2.97. The van der Waals surface area contributed by atoms with Crippen molar-refractivity contribution in [1.82, 2.24) is 5.32 Å². The smallest absolute Gasteiger partial charge is 0.252 e. The minimum Gasteiger partial charge on any atom is -0.369 e. The van der Waals surface area contributed by atoms with Crippen molar-refractivity contribution in [1.29, 1.82) is 0 Å². The monoisotopic (exact) mass is 392 g/mol. The lowest BCUT2D eigenvalue weighted by Crippen LogP contribution is -2.32. The Morgan fingerprint density at radius 3 is 2.76 bits per heavy atom. The van der Waals surface area contributed by atoms with Crippen LogP contribution >= 0.6 is 0 Å². The summed E-state index contributed by atoms with van der Waals surface area (Å²) < 4.78 is 0. The minimum atomic E-state index is -0.839. The van der Waals surface area contributed by atoms with Gasteiger partial charge in [0.25, 0.3) is 5.91 Å². The van der Waals surface area contributed by atoms with E-state index in [1.54, 1.807) is 0 Å². The Morgan fingerprint density at radius 1 is 1.21 bits per heavy atom. The van der Waals surface area contributed by atoms with Crippen LogP contribution in [0.5, 0.6) is 0 Å². The number of para-hydroxylation sites is 1. The number of carbonyl (C=O) groups excluding carboxylic acids is 2. The van der Waals surface area contributed by atoms with Gasteiger partial charge in [-0.1, -0.05) is 37.3 Å². The third-order valence-electron chi connectivity index (χ3n) is 4.38. The third kappa shape index (κ3) is 5.41. The summed E-state index contributed by atoms with van der Waals surface area (Å²) in [5, 5.41) is 8.33. The van der Waals surface area contributed by atoms with Gasteiger partial charge >= 0.3 is 0 Å². The largest absolute Gasteiger partial charge is 0.369 e. The Labute approximate surface area is 169 Å². The van der Waals surface area contributed by atoms with Crippen LogP contribution in [0.1, 0.15) is 24.5 Å². The summed E-state index contributed by atoms with van der Waals surface area (Å²) in [7, 11) is 0. The summed E-state index contributed by atoms with van der Waals surface area (Å²) in [5.74, 6) is -0.493. The number of nitrogens with zero attached hydrogens (tertiary/aromatic N) is 2. The molecular formula is C21H24N6O2. The van der Waals surface area contributed by atoms with E-state index in [4.69, 9.17) is 5.73 Å². The van der Waals surface area contributed by atoms with Gasteiger partial charge < -0.3 is 16.4 Å². The Hall–Kier alpha value is -3.68. The molecule has 0 saturated heterocycles. The highest BCUT2D eigenvalue weighted by Crippen LogP contribution is 2.17. The molecule has 3 rings (SSSR count). The lowest BCUT2D eigenvalue weighted by atomic mass is 10.1. The number of carbonyl (C=O) groups is 2. The average Bonchev–Trinajstić information content (AvgIpc) is 3.00. The van der Waals surface area contributed by atoms with Gasteiger partial charge in [-0.15, -0.1) is 0 Å². The van der Waals surface area contributed by atoms with Gasteiger partial charge in [-0.25, -0.2) is 4.99 Å². The summed E-state index contributed by atoms with van der Waals surface area (Å²) >= 11 is 0. The van der Waals surface area contributed by atoms with E-state index in [1.165, 1.54) is 0 Å². The van der Waals surface area contributed by atoms with E-state index in [-0.39, 0.29) is 30.2 Å². The number of amides is 2. The Kier molecular flexibility index (Phi) is 6.23. The Bertz CT molecular complexity index is 983. The van der Waals surface area contributed by atoms with Gasteiger partial charge in [-0.05, 0) is 42.7 Å². The number of benzene rings is 2. The van der Waals surface area contributed by atoms with Crippen molar-refractivity contribution in [3.8, 4) is 0 Å². The molecule has 0 fully saturated rings. The zero-order valence-corrected chi connectivity index (χ0v) is 16.4. The first-order valence-corrected chi connectivity index (χ1v) is 9.39. The highest BCUT2D eigenvalue weighted by atomic mass is 16.2. The molecule has 2 aromatic rings. The van der Waals surface area contributed by atoms with Crippen LogP contribution in [-0.2, 0) is 16.0 Å². The number of nitrogens with one attached hydrogen (secondary N) is 3. The topological polar surface area (TPSA) is 121 Å². The zero-order chi connectivity index (χ0) is 20.8. The maximum Gasteiger partial charge on any atom is 0.252 e. The molecule has 0 aliphatic carbocycles. The van der Waals surface area contributed by atoms with Crippen LogP contribution in [0.4, 0.5) is 11.4 Å². The number of anilines is 2. The van der Waals surface area contributed by atoms with E-state index in [2.05, 4.69) is 25.9 Å². The van der Waals surface area contributed by atoms with Gasteiger partial charge in [0.05, 0.1) is 6.42 Å². The molecule has 2 aromatic carbocycles. The van der Waals surface area contributed by atoms with Gasteiger partial charge in [0.15, 0.2) is 0 Å². The molecule has 8 nitrogen and oxygen atoms in total. The molecule has 0 bridgehead atoms. The molecule has 8 heteroatoms. The number of guanidine groups is 2. The van der Waals surface area contributed by atoms with Gasteiger partial charge in [-0.3, -0.25) is 14.9 Å². The molecular weight excluding hydrogens is 368 g/mol. The van der Waals surface area contributed by atoms with E-state index in [1.807, 2.05) is 62.4 Å². The highest BCUT2D eigenvalue weighted by molar-refractivity contribution is 6.11. The average molecular weight is 392 g/mol. The SMILES string of the molecule is CCc1ccccc1NC(=O)CC1N=C(/N=C(\N)Nc2cccc(C)c2)NC1=O. The first-order chi connectivity index (χ1) is 13.9. The van der Waals surface area contributed by atoms with E-state index >= 15 is 0 Å². The van der Waals surface area contributed by atoms with Crippen molar-refractivity contribution in [2.45, 2.75) is 32.7 Å². The van der Waals surface area contributed by atoms with Gasteiger partial charge in [-0.2, -0.15) is 4.99 Å². The van der Waals surface area contributed by atoms with Gasteiger partial charge in [0.1, 0.15) is 6.04 Å². The molecule has 29 heavy (non-hydrogen) atoms. The zero-order valence-electron chi connectivity index (χ0n) is 16.4. The van der Waals surface area contributed by atoms with E-state index in [9.17, 15) is 9.59 Å². The molecule has 0 aromatic heterocycles. The second-order valence-corrected chi connectivity index (χ2v) is 6.71. The summed E-state index contributed by atoms with van der Waals surface area (Å²) in [4.78, 5) is 32.8. The van der Waals surface area contributed by atoms with Crippen LogP contribution in [0, 0.1) is 6.92 Å². The number of nitrogens with two attached hydrogens (primary N) is 1. The molecule has 0 saturated carbocycles. The van der Waals surface area contributed by atoms with Crippen molar-refractivity contribution < 1.29 is 9.59 Å². The van der Waals surface area contributed by atoms with E-state index in [0.29, 0.717) is 0 Å². The van der Waals surface area contributed by atoms with Crippen molar-refractivity contribution in [3.63, 3.8) is 0 Å². The van der Waals surface area contributed by atoms with Crippen LogP contribution in [0.3, 0.4) is 0 Å². The predicted molar refractivity (Wildman–Crippen MR) is 115 cm³/mol. The number of hydrogen-bond donors (Lipinski definition) is 4. The predicted octanol–water partition coefficient (Wildman–Crippen LogP) is 2.17. The quantitative estimate of drug-likeness (QED) is 0.460. The maximum absolute atomic E-state index is 12.4. The summed E-state index contributed by atoms with van der Waals surface area (Å²) in [6, 6.07) is 14.3. The number of aliphatic imine (C=N–C) groups is 2. The molecule has 1 heterocycles. The first kappa shape index (κ1) is 20.1. The molecule has 150 valence electrons. The van der Waals surface area contributed by atoms with Crippen molar-refractivity contribution in [2.75, 3.05) is 10.6 Å². The lowest BCUT2D eigenvalue weighted by molar-refractivity contribution is -0.123. The lowest BCUT2D eigenvalue weighted by Gasteiger charge is -2.10. The fraction of sp³-hybridized carbons (Fsp3) is 0.238. The van der Waals surface area contributed by atoms with Crippen LogP contribution < -0.4 is 21.7 Å². The van der Waals surface area contributed by atoms with Gasteiger partial charge in [0.2, 0.25) is 17.8 Å². The summed E-state index contributed by atoms with van der Waals surface area (Å²) in [6.07, 6.45) is 0.721. The number of aryl methyl sites for hydroxylation is 2. The summed E-state index contributed by atoms with van der Waals surface area (Å²) in [5.41, 5.74) is 9.51. The highest BCUT2D eigenvalue weighted by Gasteiger charge is 2.28. The van der Waals surface area contributed by atoms with Crippen LogP contribution in [-0.4, -0.2) is 29.8 Å². The van der Waals surface area contributed by atoms with E-state index in [0.717, 1.165) is 28.9 Å². The maximum atomic E-state index is 12.4. The molecule has 1 aliphatic heterocycles. The van der Waals surface area contributed by atoms with E-state index < -0.39 is 6.04 Å². The Morgan fingerprint density at radius 2 is 2.00 bits per heavy atom. The molecule has 2 amide bonds. The fourth-order valence-corrected chi connectivity index (χ4v) is 2.97. The molecule has 1 atom stereocenters. The molecule has 1 aliphatic rings. The van der Waals surface area contributed by atoms with Crippen LogP contribution in [0.25, 0.3) is 0 Å². The third-order valence-corrected chi connectivity index (χ3v) is 4.38. The first-order valence-electron chi connectivity index (χ1n) is 9.39. The number of hydrogen-bond acceptors (Lipinski definition) is 4. The van der Waals surface area contributed by atoms with Crippen molar-refractivity contribution in [3.05, 3.63) is 59.7 Å². The summed E-state index contributed by atoms with van der Waals surface area (Å²) in [6.45, 7) is 3.98. The van der Waals surface area contributed by atoms with Crippen molar-refractivity contribution >= 4 is 35.1 Å². The standard InChI is InChI=1S/C21H24N6O2/c1-3-14-8-4-5-10-16(14)24-18(28)12-17-19(29)26-21(25-17)27-20(22)23-15-9-6-7-13(2)11-15/h4-11,17H,3,12H2,1-2H3,(H,24,28)(H4,22,23,25,26,27,29). The van der Waals surface area contributed by atoms with Crippen LogP contribution in [0.2, 0.25) is 0 Å². The second-order valence-electron chi connectivity index (χ2n) is 6.71. The molecule has 0 spiro atoms. The normalized spacial score (nSPS) is 16.2. The minimum absolute atomic E-state index is 0.0753.